The SMILES string of the molecule is CCO/C(=C1/C(=O)Nc2ccccc21)c1ccccc1. The highest BCUT2D eigenvalue weighted by molar-refractivity contribution is 6.36. The van der Waals surface area contributed by atoms with Crippen molar-refractivity contribution in [3.05, 3.63) is 65.7 Å². The van der Waals surface area contributed by atoms with E-state index >= 15 is 0 Å². The van der Waals surface area contributed by atoms with Gasteiger partial charge in [-0.25, -0.2) is 0 Å². The number of fused-ring (bicyclic) bond motifs is 1. The second-order valence-electron chi connectivity index (χ2n) is 4.50. The van der Waals surface area contributed by atoms with Crippen LogP contribution in [0.5, 0.6) is 0 Å². The van der Waals surface area contributed by atoms with Crippen molar-refractivity contribution in [1.29, 1.82) is 0 Å². The van der Waals surface area contributed by atoms with Crippen LogP contribution in [0, 0.1) is 0 Å². The molecule has 3 nitrogen and oxygen atoms in total. The number of rotatable bonds is 3. The molecule has 0 saturated carbocycles. The van der Waals surface area contributed by atoms with Crippen molar-refractivity contribution in [2.75, 3.05) is 11.9 Å². The molecule has 0 spiro atoms. The lowest BCUT2D eigenvalue weighted by Crippen LogP contribution is -2.07. The predicted molar refractivity (Wildman–Crippen MR) is 80.0 cm³/mol. The Balaban J connectivity index is 2.21. The lowest BCUT2D eigenvalue weighted by molar-refractivity contribution is -0.110. The molecule has 0 fully saturated rings. The molecule has 2 aromatic carbocycles. The van der Waals surface area contributed by atoms with Gasteiger partial charge in [-0.3, -0.25) is 4.79 Å². The van der Waals surface area contributed by atoms with Crippen molar-refractivity contribution in [3.63, 3.8) is 0 Å². The van der Waals surface area contributed by atoms with Crippen molar-refractivity contribution in [2.24, 2.45) is 0 Å². The first-order valence-corrected chi connectivity index (χ1v) is 6.64. The molecule has 1 amide bonds. The highest BCUT2D eigenvalue weighted by Crippen LogP contribution is 2.37. The number of nitrogens with one attached hydrogen (secondary N) is 1. The van der Waals surface area contributed by atoms with Gasteiger partial charge in [-0.1, -0.05) is 48.5 Å². The maximum Gasteiger partial charge on any atom is 0.260 e. The molecule has 0 radical (unpaired) electrons. The third kappa shape index (κ3) is 2.07. The van der Waals surface area contributed by atoms with E-state index in [9.17, 15) is 4.79 Å². The fourth-order valence-electron chi connectivity index (χ4n) is 2.38. The molecule has 0 unspecified atom stereocenters. The number of ether oxygens (including phenoxy) is 1. The average Bonchev–Trinajstić information content (AvgIpc) is 2.82. The van der Waals surface area contributed by atoms with E-state index in [1.54, 1.807) is 0 Å². The lowest BCUT2D eigenvalue weighted by atomic mass is 10.0. The highest BCUT2D eigenvalue weighted by atomic mass is 16.5. The minimum atomic E-state index is -0.112. The average molecular weight is 265 g/mol. The van der Waals surface area contributed by atoms with E-state index in [4.69, 9.17) is 4.74 Å². The van der Waals surface area contributed by atoms with Gasteiger partial charge in [0.1, 0.15) is 5.76 Å². The van der Waals surface area contributed by atoms with Gasteiger partial charge in [0, 0.05) is 16.8 Å². The van der Waals surface area contributed by atoms with Crippen LogP contribution >= 0.6 is 0 Å². The van der Waals surface area contributed by atoms with Crippen molar-refractivity contribution in [2.45, 2.75) is 6.92 Å². The molecular weight excluding hydrogens is 250 g/mol. The van der Waals surface area contributed by atoms with Crippen LogP contribution in [-0.4, -0.2) is 12.5 Å². The summed E-state index contributed by atoms with van der Waals surface area (Å²) in [6.45, 7) is 2.44. The number of anilines is 1. The van der Waals surface area contributed by atoms with E-state index in [1.807, 2.05) is 61.5 Å². The van der Waals surface area contributed by atoms with Gasteiger partial charge in [-0.2, -0.15) is 0 Å². The summed E-state index contributed by atoms with van der Waals surface area (Å²) in [6.07, 6.45) is 0. The van der Waals surface area contributed by atoms with Gasteiger partial charge >= 0.3 is 0 Å². The van der Waals surface area contributed by atoms with E-state index in [0.717, 1.165) is 16.8 Å². The second kappa shape index (κ2) is 5.21. The molecule has 1 N–H and O–H groups in total. The maximum absolute atomic E-state index is 12.3. The molecule has 2 aromatic rings. The molecule has 0 bridgehead atoms. The van der Waals surface area contributed by atoms with E-state index < -0.39 is 0 Å². The summed E-state index contributed by atoms with van der Waals surface area (Å²) in [5.41, 5.74) is 3.25. The monoisotopic (exact) mass is 265 g/mol. The van der Waals surface area contributed by atoms with Crippen LogP contribution in [0.15, 0.2) is 54.6 Å². The Hall–Kier alpha value is -2.55. The van der Waals surface area contributed by atoms with Gasteiger partial charge in [-0.15, -0.1) is 0 Å². The number of hydrogen-bond donors (Lipinski definition) is 1. The molecule has 0 aliphatic carbocycles. The summed E-state index contributed by atoms with van der Waals surface area (Å²) in [7, 11) is 0. The van der Waals surface area contributed by atoms with Crippen LogP contribution in [0.3, 0.4) is 0 Å². The molecule has 20 heavy (non-hydrogen) atoms. The highest BCUT2D eigenvalue weighted by Gasteiger charge is 2.28. The van der Waals surface area contributed by atoms with Gasteiger partial charge in [0.15, 0.2) is 0 Å². The standard InChI is InChI=1S/C17H15NO2/c1-2-20-16(12-8-4-3-5-9-12)15-13-10-6-7-11-14(13)18-17(15)19/h3-11H,2H2,1H3,(H,18,19)/b16-15+. The fourth-order valence-corrected chi connectivity index (χ4v) is 2.38. The molecule has 0 aromatic heterocycles. The summed E-state index contributed by atoms with van der Waals surface area (Å²) in [5, 5.41) is 2.88. The van der Waals surface area contributed by atoms with Crippen LogP contribution in [-0.2, 0) is 9.53 Å². The maximum atomic E-state index is 12.3. The summed E-state index contributed by atoms with van der Waals surface area (Å²) in [4.78, 5) is 12.3. The van der Waals surface area contributed by atoms with E-state index in [1.165, 1.54) is 0 Å². The smallest absolute Gasteiger partial charge is 0.260 e. The number of carbonyl (C=O) groups excluding carboxylic acids is 1. The van der Waals surface area contributed by atoms with Gasteiger partial charge in [0.2, 0.25) is 0 Å². The minimum Gasteiger partial charge on any atom is -0.492 e. The van der Waals surface area contributed by atoms with Gasteiger partial charge in [0.05, 0.1) is 12.2 Å². The lowest BCUT2D eigenvalue weighted by Gasteiger charge is -2.11. The van der Waals surface area contributed by atoms with Crippen LogP contribution < -0.4 is 5.32 Å². The van der Waals surface area contributed by atoms with Crippen LogP contribution in [0.1, 0.15) is 18.1 Å². The first-order valence-electron chi connectivity index (χ1n) is 6.64. The van der Waals surface area contributed by atoms with Crippen LogP contribution in [0.4, 0.5) is 5.69 Å². The molecule has 0 atom stereocenters. The summed E-state index contributed by atoms with van der Waals surface area (Å²) < 4.78 is 5.76. The van der Waals surface area contributed by atoms with Crippen molar-refractivity contribution < 1.29 is 9.53 Å². The second-order valence-corrected chi connectivity index (χ2v) is 4.50. The molecule has 1 aliphatic heterocycles. The van der Waals surface area contributed by atoms with Crippen molar-refractivity contribution in [1.82, 2.24) is 0 Å². The van der Waals surface area contributed by atoms with Gasteiger partial charge < -0.3 is 10.1 Å². The quantitative estimate of drug-likeness (QED) is 0.681. The Morgan fingerprint density at radius 2 is 1.75 bits per heavy atom. The summed E-state index contributed by atoms with van der Waals surface area (Å²) >= 11 is 0. The van der Waals surface area contributed by atoms with Gasteiger partial charge in [-0.05, 0) is 13.0 Å². The van der Waals surface area contributed by atoms with Crippen molar-refractivity contribution >= 4 is 22.9 Å². The first-order chi connectivity index (χ1) is 9.81. The molecule has 100 valence electrons. The zero-order valence-corrected chi connectivity index (χ0v) is 11.2. The zero-order chi connectivity index (χ0) is 13.9. The number of carbonyl (C=O) groups is 1. The number of amides is 1. The molecular formula is C17H15NO2. The molecule has 0 saturated heterocycles. The minimum absolute atomic E-state index is 0.112. The van der Waals surface area contributed by atoms with Gasteiger partial charge in [0.25, 0.3) is 5.91 Å². The van der Waals surface area contributed by atoms with E-state index in [2.05, 4.69) is 5.32 Å². The Morgan fingerprint density at radius 3 is 2.50 bits per heavy atom. The predicted octanol–water partition coefficient (Wildman–Crippen LogP) is 3.54. The Bertz CT molecular complexity index is 674. The fraction of sp³-hybridized carbons (Fsp3) is 0.118. The third-order valence-electron chi connectivity index (χ3n) is 3.22. The Morgan fingerprint density at radius 1 is 1.05 bits per heavy atom. The van der Waals surface area contributed by atoms with Crippen LogP contribution in [0.2, 0.25) is 0 Å². The van der Waals surface area contributed by atoms with E-state index in [0.29, 0.717) is 17.9 Å². The number of benzene rings is 2. The number of hydrogen-bond acceptors (Lipinski definition) is 2. The molecule has 1 heterocycles. The van der Waals surface area contributed by atoms with Crippen LogP contribution in [0.25, 0.3) is 11.3 Å². The zero-order valence-electron chi connectivity index (χ0n) is 11.2. The summed E-state index contributed by atoms with van der Waals surface area (Å²) in [6, 6.07) is 17.4. The third-order valence-corrected chi connectivity index (χ3v) is 3.22. The normalized spacial score (nSPS) is 15.6. The summed E-state index contributed by atoms with van der Waals surface area (Å²) in [5.74, 6) is 0.522. The topological polar surface area (TPSA) is 38.3 Å². The molecule has 3 rings (SSSR count). The Labute approximate surface area is 117 Å². The molecule has 3 heteroatoms. The molecule has 1 aliphatic rings. The van der Waals surface area contributed by atoms with E-state index in [-0.39, 0.29) is 5.91 Å². The van der Waals surface area contributed by atoms with Crippen molar-refractivity contribution in [3.8, 4) is 0 Å². The first kappa shape index (κ1) is 12.5. The largest absolute Gasteiger partial charge is 0.492 e. The number of para-hydroxylation sites is 1. The Kier molecular flexibility index (Phi) is 3.25.